The Morgan fingerprint density at radius 2 is 1.96 bits per heavy atom. The van der Waals surface area contributed by atoms with Gasteiger partial charge in [-0.2, -0.15) is 5.26 Å². The van der Waals surface area contributed by atoms with Crippen molar-refractivity contribution in [3.63, 3.8) is 0 Å². The van der Waals surface area contributed by atoms with E-state index in [0.29, 0.717) is 33.9 Å². The van der Waals surface area contributed by atoms with E-state index < -0.39 is 18.0 Å². The zero-order valence-corrected chi connectivity index (χ0v) is 15.0. The molecule has 0 aliphatic carbocycles. The zero-order valence-electron chi connectivity index (χ0n) is 14.3. The van der Waals surface area contributed by atoms with E-state index >= 15 is 0 Å². The van der Waals surface area contributed by atoms with Gasteiger partial charge in [0.15, 0.2) is 6.10 Å². The molecule has 0 spiro atoms. The van der Waals surface area contributed by atoms with Crippen molar-refractivity contribution in [1.29, 1.82) is 5.26 Å². The van der Waals surface area contributed by atoms with Gasteiger partial charge in [0.25, 0.3) is 5.91 Å². The van der Waals surface area contributed by atoms with Gasteiger partial charge in [-0.05, 0) is 45.9 Å². The number of amides is 1. The number of anilines is 1. The van der Waals surface area contributed by atoms with E-state index in [1.54, 1.807) is 26.8 Å². The zero-order chi connectivity index (χ0) is 18.7. The Balaban J connectivity index is 2.06. The molecule has 0 fully saturated rings. The first-order valence-corrected chi connectivity index (χ1v) is 7.90. The number of furan rings is 1. The van der Waals surface area contributed by atoms with Crippen LogP contribution < -0.4 is 5.32 Å². The lowest BCUT2D eigenvalue weighted by molar-refractivity contribution is -0.123. The average Bonchev–Trinajstić information content (AvgIpc) is 2.80. The van der Waals surface area contributed by atoms with E-state index in [9.17, 15) is 9.59 Å². The third kappa shape index (κ3) is 4.01. The summed E-state index contributed by atoms with van der Waals surface area (Å²) in [5.41, 5.74) is 1.73. The van der Waals surface area contributed by atoms with Crippen LogP contribution in [0.15, 0.2) is 22.6 Å². The third-order valence-corrected chi connectivity index (χ3v) is 4.09. The minimum absolute atomic E-state index is 0.227. The molecule has 0 aliphatic heterocycles. The van der Waals surface area contributed by atoms with Gasteiger partial charge in [0.1, 0.15) is 23.2 Å². The first-order chi connectivity index (χ1) is 11.7. The second kappa shape index (κ2) is 7.41. The summed E-state index contributed by atoms with van der Waals surface area (Å²) in [6.07, 6.45) is -1.02. The molecule has 1 atom stereocenters. The number of carbonyl (C=O) groups is 2. The van der Waals surface area contributed by atoms with E-state index in [2.05, 4.69) is 5.32 Å². The van der Waals surface area contributed by atoms with E-state index in [1.165, 1.54) is 19.1 Å². The number of ether oxygens (including phenoxy) is 1. The minimum Gasteiger partial charge on any atom is -0.465 e. The number of nitrogens with one attached hydrogen (secondary N) is 1. The van der Waals surface area contributed by atoms with Crippen LogP contribution in [0.1, 0.15) is 39.9 Å². The average molecular weight is 361 g/mol. The highest BCUT2D eigenvalue weighted by Gasteiger charge is 2.24. The smallest absolute Gasteiger partial charge is 0.342 e. The Labute approximate surface area is 150 Å². The fourth-order valence-corrected chi connectivity index (χ4v) is 2.52. The Kier molecular flexibility index (Phi) is 5.50. The molecule has 2 aromatic rings. The summed E-state index contributed by atoms with van der Waals surface area (Å²) in [5, 5.41) is 11.7. The van der Waals surface area contributed by atoms with Gasteiger partial charge in [0, 0.05) is 11.3 Å². The Hall–Kier alpha value is -2.78. The molecule has 6 nitrogen and oxygen atoms in total. The molecule has 1 aromatic heterocycles. The Morgan fingerprint density at radius 3 is 2.48 bits per heavy atom. The van der Waals surface area contributed by atoms with Gasteiger partial charge in [-0.15, -0.1) is 0 Å². The molecule has 2 rings (SSSR count). The fraction of sp³-hybridized carbons (Fsp3) is 0.278. The van der Waals surface area contributed by atoms with Gasteiger partial charge in [-0.1, -0.05) is 11.6 Å². The molecule has 130 valence electrons. The molecule has 1 heterocycles. The van der Waals surface area contributed by atoms with Gasteiger partial charge in [-0.3, -0.25) is 4.79 Å². The molecule has 0 saturated heterocycles. The number of hydrogen-bond acceptors (Lipinski definition) is 5. The van der Waals surface area contributed by atoms with Crippen LogP contribution in [0.2, 0.25) is 5.02 Å². The predicted molar refractivity (Wildman–Crippen MR) is 92.6 cm³/mol. The summed E-state index contributed by atoms with van der Waals surface area (Å²) in [6, 6.07) is 6.43. The number of nitriles is 1. The Morgan fingerprint density at radius 1 is 1.28 bits per heavy atom. The second-order valence-electron chi connectivity index (χ2n) is 5.56. The van der Waals surface area contributed by atoms with Crippen molar-refractivity contribution in [2.24, 2.45) is 0 Å². The third-order valence-electron chi connectivity index (χ3n) is 3.78. The van der Waals surface area contributed by atoms with E-state index in [1.807, 2.05) is 6.07 Å². The van der Waals surface area contributed by atoms with E-state index in [-0.39, 0.29) is 5.02 Å². The molecule has 1 aromatic carbocycles. The van der Waals surface area contributed by atoms with Gasteiger partial charge in [0.05, 0.1) is 10.6 Å². The number of nitrogens with zero attached hydrogens (tertiary/aromatic N) is 1. The van der Waals surface area contributed by atoms with Crippen molar-refractivity contribution < 1.29 is 18.7 Å². The van der Waals surface area contributed by atoms with Crippen LogP contribution in [0.4, 0.5) is 5.69 Å². The van der Waals surface area contributed by atoms with Crippen molar-refractivity contribution in [3.05, 3.63) is 51.4 Å². The summed E-state index contributed by atoms with van der Waals surface area (Å²) in [5.74, 6) is -0.0442. The van der Waals surface area contributed by atoms with Crippen molar-refractivity contribution in [2.45, 2.75) is 33.8 Å². The maximum atomic E-state index is 12.3. The molecule has 0 aliphatic rings. The lowest BCUT2D eigenvalue weighted by Gasteiger charge is -2.14. The number of halogens is 1. The molecule has 1 N–H and O–H groups in total. The quantitative estimate of drug-likeness (QED) is 0.834. The molecule has 0 bridgehead atoms. The van der Waals surface area contributed by atoms with E-state index in [4.69, 9.17) is 26.0 Å². The maximum Gasteiger partial charge on any atom is 0.342 e. The summed E-state index contributed by atoms with van der Waals surface area (Å²) in [6.45, 7) is 6.64. The van der Waals surface area contributed by atoms with Crippen molar-refractivity contribution in [1.82, 2.24) is 0 Å². The number of hydrogen-bond donors (Lipinski definition) is 1. The molecule has 0 saturated carbocycles. The molecule has 1 amide bonds. The van der Waals surface area contributed by atoms with Crippen LogP contribution in [0.5, 0.6) is 0 Å². The van der Waals surface area contributed by atoms with Gasteiger partial charge in [0.2, 0.25) is 0 Å². The van der Waals surface area contributed by atoms with Crippen molar-refractivity contribution in [2.75, 3.05) is 5.32 Å². The van der Waals surface area contributed by atoms with Crippen molar-refractivity contribution >= 4 is 29.2 Å². The number of benzene rings is 1. The van der Waals surface area contributed by atoms with Crippen LogP contribution in [0.25, 0.3) is 0 Å². The molecule has 7 heteroatoms. The molecular formula is C18H17ClN2O4. The molecular weight excluding hydrogens is 344 g/mol. The van der Waals surface area contributed by atoms with Crippen LogP contribution >= 0.6 is 11.6 Å². The number of aryl methyl sites for hydroxylation is 2. The highest BCUT2D eigenvalue weighted by atomic mass is 35.5. The summed E-state index contributed by atoms with van der Waals surface area (Å²) < 4.78 is 10.6. The van der Waals surface area contributed by atoms with Crippen LogP contribution in [-0.2, 0) is 9.53 Å². The largest absolute Gasteiger partial charge is 0.465 e. The van der Waals surface area contributed by atoms with E-state index in [0.717, 1.165) is 0 Å². The molecule has 0 radical (unpaired) electrons. The number of rotatable bonds is 4. The second-order valence-corrected chi connectivity index (χ2v) is 5.96. The lowest BCUT2D eigenvalue weighted by Crippen LogP contribution is -2.30. The molecule has 0 unspecified atom stereocenters. The Bertz CT molecular complexity index is 880. The first-order valence-electron chi connectivity index (χ1n) is 7.52. The normalized spacial score (nSPS) is 11.5. The van der Waals surface area contributed by atoms with Crippen LogP contribution in [0, 0.1) is 32.1 Å². The van der Waals surface area contributed by atoms with Crippen LogP contribution in [0.3, 0.4) is 0 Å². The summed E-state index contributed by atoms with van der Waals surface area (Å²) >= 11 is 5.92. The lowest BCUT2D eigenvalue weighted by atomic mass is 10.1. The van der Waals surface area contributed by atoms with Crippen molar-refractivity contribution in [3.8, 4) is 6.07 Å². The van der Waals surface area contributed by atoms with Gasteiger partial charge >= 0.3 is 5.97 Å². The first kappa shape index (κ1) is 18.6. The van der Waals surface area contributed by atoms with Crippen LogP contribution in [-0.4, -0.2) is 18.0 Å². The van der Waals surface area contributed by atoms with Gasteiger partial charge in [-0.25, -0.2) is 4.79 Å². The fourth-order valence-electron chi connectivity index (χ4n) is 2.29. The highest BCUT2D eigenvalue weighted by molar-refractivity contribution is 6.32. The minimum atomic E-state index is -1.02. The molecule has 25 heavy (non-hydrogen) atoms. The van der Waals surface area contributed by atoms with Gasteiger partial charge < -0.3 is 14.5 Å². The summed E-state index contributed by atoms with van der Waals surface area (Å²) in [7, 11) is 0. The summed E-state index contributed by atoms with van der Waals surface area (Å²) in [4.78, 5) is 24.5. The number of esters is 1. The topological polar surface area (TPSA) is 92.3 Å². The SMILES string of the molecule is Cc1oc(C)c(C(=O)O[C@@H](C)C(=O)Nc2ccc(C#N)c(Cl)c2)c1C. The maximum absolute atomic E-state index is 12.3. The highest BCUT2D eigenvalue weighted by Crippen LogP contribution is 2.23. The standard InChI is InChI=1S/C18H17ClN2O4/c1-9-10(2)24-11(3)16(9)18(23)25-12(4)17(22)21-14-6-5-13(8-20)15(19)7-14/h5-7,12H,1-4H3,(H,21,22)/t12-/m0/s1. The predicted octanol–water partition coefficient (Wildman–Crippen LogP) is 3.91. The monoisotopic (exact) mass is 360 g/mol. The number of carbonyl (C=O) groups excluding carboxylic acids is 2.